The topological polar surface area (TPSA) is 32.3 Å². The second-order valence-corrected chi connectivity index (χ2v) is 5.25. The molecule has 3 heteroatoms. The molecule has 1 N–H and O–H groups in total. The summed E-state index contributed by atoms with van der Waals surface area (Å²) < 4.78 is 0. The number of rotatable bonds is 7. The number of nitrogens with zero attached hydrogens (tertiary/aromatic N) is 1. The highest BCUT2D eigenvalue weighted by Gasteiger charge is 2.15. The zero-order valence-electron chi connectivity index (χ0n) is 11.5. The lowest BCUT2D eigenvalue weighted by molar-refractivity contribution is -0.130. The van der Waals surface area contributed by atoms with Crippen molar-refractivity contribution in [1.82, 2.24) is 10.2 Å². The van der Waals surface area contributed by atoms with Crippen LogP contribution in [0.5, 0.6) is 0 Å². The van der Waals surface area contributed by atoms with Crippen LogP contribution >= 0.6 is 0 Å². The van der Waals surface area contributed by atoms with Gasteiger partial charge < -0.3 is 10.2 Å². The fourth-order valence-electron chi connectivity index (χ4n) is 2.39. The van der Waals surface area contributed by atoms with E-state index >= 15 is 0 Å². The maximum Gasteiger partial charge on any atom is 0.222 e. The maximum absolute atomic E-state index is 11.8. The average Bonchev–Trinajstić information content (AvgIpc) is 2.37. The van der Waals surface area contributed by atoms with Gasteiger partial charge in [0.25, 0.3) is 0 Å². The van der Waals surface area contributed by atoms with Gasteiger partial charge in [0.2, 0.25) is 5.91 Å². The minimum Gasteiger partial charge on any atom is -0.346 e. The summed E-state index contributed by atoms with van der Waals surface area (Å²) in [5.41, 5.74) is 0. The molecule has 0 aromatic heterocycles. The molecule has 17 heavy (non-hydrogen) atoms. The summed E-state index contributed by atoms with van der Waals surface area (Å²) >= 11 is 0. The van der Waals surface area contributed by atoms with Crippen molar-refractivity contribution in [1.29, 1.82) is 0 Å². The first kappa shape index (κ1) is 14.5. The Morgan fingerprint density at radius 2 is 2.00 bits per heavy atom. The predicted molar refractivity (Wildman–Crippen MR) is 72.0 cm³/mol. The first-order valence-electron chi connectivity index (χ1n) is 7.18. The third kappa shape index (κ3) is 6.06. The molecule has 1 saturated heterocycles. The van der Waals surface area contributed by atoms with Gasteiger partial charge in [-0.1, -0.05) is 19.8 Å². The molecule has 1 rings (SSSR count). The number of nitrogens with one attached hydrogen (secondary N) is 1. The highest BCUT2D eigenvalue weighted by molar-refractivity contribution is 5.75. The summed E-state index contributed by atoms with van der Waals surface area (Å²) in [5.74, 6) is 1.15. The Hall–Kier alpha value is -0.570. The molecule has 1 amide bonds. The van der Waals surface area contributed by atoms with Crippen molar-refractivity contribution in [2.75, 3.05) is 26.7 Å². The molecule has 100 valence electrons. The molecule has 1 fully saturated rings. The van der Waals surface area contributed by atoms with Crippen molar-refractivity contribution in [2.24, 2.45) is 5.92 Å². The zero-order valence-corrected chi connectivity index (χ0v) is 11.5. The van der Waals surface area contributed by atoms with E-state index in [1.165, 1.54) is 32.1 Å². The van der Waals surface area contributed by atoms with Gasteiger partial charge in [-0.2, -0.15) is 0 Å². The monoisotopic (exact) mass is 240 g/mol. The Bertz CT molecular complexity index is 212. The van der Waals surface area contributed by atoms with Crippen LogP contribution in [0.3, 0.4) is 0 Å². The van der Waals surface area contributed by atoms with Gasteiger partial charge in [-0.15, -0.1) is 0 Å². The van der Waals surface area contributed by atoms with Gasteiger partial charge in [0.15, 0.2) is 0 Å². The van der Waals surface area contributed by atoms with E-state index in [1.54, 1.807) is 0 Å². The lowest BCUT2D eigenvalue weighted by Crippen LogP contribution is -2.32. The van der Waals surface area contributed by atoms with Crippen LogP contribution in [0.1, 0.15) is 51.9 Å². The minimum atomic E-state index is 0.326. The number of hydrogen-bond acceptors (Lipinski definition) is 2. The van der Waals surface area contributed by atoms with Gasteiger partial charge in [-0.25, -0.2) is 0 Å². The number of amides is 1. The minimum absolute atomic E-state index is 0.326. The normalized spacial score (nSPS) is 17.1. The zero-order chi connectivity index (χ0) is 12.5. The largest absolute Gasteiger partial charge is 0.346 e. The average molecular weight is 240 g/mol. The molecule has 0 atom stereocenters. The number of piperidine rings is 1. The number of hydrogen-bond donors (Lipinski definition) is 1. The summed E-state index contributed by atoms with van der Waals surface area (Å²) in [7, 11) is 1.95. The van der Waals surface area contributed by atoms with Crippen LogP contribution in [0.15, 0.2) is 0 Å². The third-order valence-electron chi connectivity index (χ3n) is 3.75. The van der Waals surface area contributed by atoms with Crippen molar-refractivity contribution in [3.63, 3.8) is 0 Å². The van der Waals surface area contributed by atoms with Crippen molar-refractivity contribution < 1.29 is 4.79 Å². The molecule has 0 spiro atoms. The molecule has 3 nitrogen and oxygen atoms in total. The summed E-state index contributed by atoms with van der Waals surface area (Å²) in [5, 5.41) is 3.38. The molecular formula is C14H28N2O. The van der Waals surface area contributed by atoms with Gasteiger partial charge >= 0.3 is 0 Å². The Morgan fingerprint density at radius 3 is 2.65 bits per heavy atom. The van der Waals surface area contributed by atoms with Crippen molar-refractivity contribution in [2.45, 2.75) is 51.9 Å². The summed E-state index contributed by atoms with van der Waals surface area (Å²) in [6.45, 7) is 5.42. The standard InChI is InChI=1S/C14H28N2O/c1-3-4-5-6-14(17)16(2)12-9-13-7-10-15-11-8-13/h13,15H,3-12H2,1-2H3. The van der Waals surface area contributed by atoms with E-state index in [1.807, 2.05) is 11.9 Å². The Balaban J connectivity index is 2.10. The van der Waals surface area contributed by atoms with Crippen molar-refractivity contribution >= 4 is 5.91 Å². The third-order valence-corrected chi connectivity index (χ3v) is 3.75. The van der Waals surface area contributed by atoms with Crippen LogP contribution in [0.4, 0.5) is 0 Å². The number of carbonyl (C=O) groups excluding carboxylic acids is 1. The van der Waals surface area contributed by atoms with Gasteiger partial charge in [0.1, 0.15) is 0 Å². The lowest BCUT2D eigenvalue weighted by atomic mass is 9.94. The van der Waals surface area contributed by atoms with Gasteiger partial charge in [-0.3, -0.25) is 4.79 Å². The van der Waals surface area contributed by atoms with E-state index in [4.69, 9.17) is 0 Å². The number of carbonyl (C=O) groups is 1. The van der Waals surface area contributed by atoms with E-state index in [0.29, 0.717) is 5.91 Å². The van der Waals surface area contributed by atoms with E-state index in [9.17, 15) is 4.79 Å². The van der Waals surface area contributed by atoms with Gasteiger partial charge in [0, 0.05) is 20.0 Å². The molecule has 0 saturated carbocycles. The highest BCUT2D eigenvalue weighted by atomic mass is 16.2. The van der Waals surface area contributed by atoms with Crippen LogP contribution < -0.4 is 5.32 Å². The summed E-state index contributed by atoms with van der Waals surface area (Å²) in [6.07, 6.45) is 7.87. The molecule has 0 aromatic carbocycles. The van der Waals surface area contributed by atoms with Gasteiger partial charge in [0.05, 0.1) is 0 Å². The Kier molecular flexibility index (Phi) is 7.25. The van der Waals surface area contributed by atoms with E-state index in [-0.39, 0.29) is 0 Å². The lowest BCUT2D eigenvalue weighted by Gasteiger charge is -2.25. The van der Waals surface area contributed by atoms with Crippen LogP contribution in [0.2, 0.25) is 0 Å². The van der Waals surface area contributed by atoms with Crippen molar-refractivity contribution in [3.8, 4) is 0 Å². The second-order valence-electron chi connectivity index (χ2n) is 5.25. The molecule has 1 aliphatic heterocycles. The number of unbranched alkanes of at least 4 members (excludes halogenated alkanes) is 2. The predicted octanol–water partition coefficient (Wildman–Crippen LogP) is 2.41. The first-order chi connectivity index (χ1) is 8.24. The molecule has 0 aliphatic carbocycles. The van der Waals surface area contributed by atoms with Crippen LogP contribution in [-0.4, -0.2) is 37.5 Å². The van der Waals surface area contributed by atoms with Crippen LogP contribution in [0, 0.1) is 5.92 Å². The highest BCUT2D eigenvalue weighted by Crippen LogP contribution is 2.16. The van der Waals surface area contributed by atoms with E-state index in [0.717, 1.165) is 38.4 Å². The summed E-state index contributed by atoms with van der Waals surface area (Å²) in [6, 6.07) is 0. The fourth-order valence-corrected chi connectivity index (χ4v) is 2.39. The maximum atomic E-state index is 11.8. The summed E-state index contributed by atoms with van der Waals surface area (Å²) in [4.78, 5) is 13.7. The second kappa shape index (κ2) is 8.51. The Labute approximate surface area is 106 Å². The van der Waals surface area contributed by atoms with E-state index in [2.05, 4.69) is 12.2 Å². The molecule has 0 radical (unpaired) electrons. The smallest absolute Gasteiger partial charge is 0.222 e. The van der Waals surface area contributed by atoms with E-state index < -0.39 is 0 Å². The van der Waals surface area contributed by atoms with Crippen molar-refractivity contribution in [3.05, 3.63) is 0 Å². The fraction of sp³-hybridized carbons (Fsp3) is 0.929. The molecule has 0 aromatic rings. The van der Waals surface area contributed by atoms with Gasteiger partial charge in [-0.05, 0) is 44.7 Å². The van der Waals surface area contributed by atoms with Crippen LogP contribution in [0.25, 0.3) is 0 Å². The Morgan fingerprint density at radius 1 is 1.29 bits per heavy atom. The molecule has 1 heterocycles. The molecular weight excluding hydrogens is 212 g/mol. The molecule has 0 bridgehead atoms. The SMILES string of the molecule is CCCCCC(=O)N(C)CCC1CCNCC1. The molecule has 1 aliphatic rings. The first-order valence-corrected chi connectivity index (χ1v) is 7.18. The molecule has 0 unspecified atom stereocenters. The quantitative estimate of drug-likeness (QED) is 0.693. The van der Waals surface area contributed by atoms with Crippen LogP contribution in [-0.2, 0) is 4.79 Å².